The van der Waals surface area contributed by atoms with Crippen LogP contribution in [-0.2, 0) is 4.74 Å². The van der Waals surface area contributed by atoms with E-state index in [9.17, 15) is 0 Å². The fourth-order valence-electron chi connectivity index (χ4n) is 2.58. The third kappa shape index (κ3) is 3.62. The summed E-state index contributed by atoms with van der Waals surface area (Å²) in [4.78, 5) is 0. The SMILES string of the molecule is CCNC(c1ccc(OC)cc1Cl)C1CCCCO1. The fraction of sp³-hybridized carbons (Fsp3) is 0.600. The molecule has 0 saturated carbocycles. The minimum absolute atomic E-state index is 0.156. The van der Waals surface area contributed by atoms with E-state index in [0.29, 0.717) is 0 Å². The summed E-state index contributed by atoms with van der Waals surface area (Å²) < 4.78 is 11.1. The summed E-state index contributed by atoms with van der Waals surface area (Å²) >= 11 is 6.38. The zero-order valence-corrected chi connectivity index (χ0v) is 12.4. The van der Waals surface area contributed by atoms with E-state index in [-0.39, 0.29) is 12.1 Å². The molecule has 0 aliphatic carbocycles. The molecular weight excluding hydrogens is 262 g/mol. The minimum Gasteiger partial charge on any atom is -0.497 e. The Kier molecular flexibility index (Phi) is 5.49. The van der Waals surface area contributed by atoms with Crippen LogP contribution in [0, 0.1) is 0 Å². The highest BCUT2D eigenvalue weighted by molar-refractivity contribution is 6.31. The molecule has 3 nitrogen and oxygen atoms in total. The van der Waals surface area contributed by atoms with Crippen LogP contribution >= 0.6 is 11.6 Å². The van der Waals surface area contributed by atoms with Crippen molar-refractivity contribution in [2.45, 2.75) is 38.3 Å². The summed E-state index contributed by atoms with van der Waals surface area (Å²) in [6.45, 7) is 3.85. The molecule has 19 heavy (non-hydrogen) atoms. The van der Waals surface area contributed by atoms with Crippen LogP contribution in [0.3, 0.4) is 0 Å². The number of halogens is 1. The van der Waals surface area contributed by atoms with Crippen LogP contribution in [0.2, 0.25) is 5.02 Å². The lowest BCUT2D eigenvalue weighted by Gasteiger charge is -2.32. The van der Waals surface area contributed by atoms with Crippen LogP contribution in [0.1, 0.15) is 37.8 Å². The number of rotatable bonds is 5. The molecule has 1 saturated heterocycles. The Labute approximate surface area is 120 Å². The van der Waals surface area contributed by atoms with Crippen molar-refractivity contribution in [2.24, 2.45) is 0 Å². The number of nitrogens with one attached hydrogen (secondary N) is 1. The Balaban J connectivity index is 2.22. The maximum atomic E-state index is 6.38. The van der Waals surface area contributed by atoms with E-state index in [1.807, 2.05) is 18.2 Å². The van der Waals surface area contributed by atoms with Crippen LogP contribution in [0.25, 0.3) is 0 Å². The molecule has 0 bridgehead atoms. The lowest BCUT2D eigenvalue weighted by Crippen LogP contribution is -2.36. The van der Waals surface area contributed by atoms with Crippen LogP contribution in [0.5, 0.6) is 5.75 Å². The predicted molar refractivity (Wildman–Crippen MR) is 78.0 cm³/mol. The van der Waals surface area contributed by atoms with Crippen LogP contribution in [0.15, 0.2) is 18.2 Å². The standard InChI is InChI=1S/C15H22ClNO2/c1-3-17-15(14-6-4-5-9-19-14)12-8-7-11(18-2)10-13(12)16/h7-8,10,14-15,17H,3-6,9H2,1-2H3. The number of likely N-dealkylation sites (N-methyl/N-ethyl adjacent to an activating group) is 1. The average Bonchev–Trinajstić information content (AvgIpc) is 2.46. The monoisotopic (exact) mass is 283 g/mol. The minimum atomic E-state index is 0.156. The van der Waals surface area contributed by atoms with Gasteiger partial charge in [0.05, 0.1) is 19.3 Å². The number of hydrogen-bond acceptors (Lipinski definition) is 3. The molecule has 2 unspecified atom stereocenters. The van der Waals surface area contributed by atoms with Crippen molar-refractivity contribution >= 4 is 11.6 Å². The molecule has 1 aliphatic heterocycles. The highest BCUT2D eigenvalue weighted by atomic mass is 35.5. The molecule has 0 aromatic heterocycles. The zero-order chi connectivity index (χ0) is 13.7. The van der Waals surface area contributed by atoms with Gasteiger partial charge in [-0.3, -0.25) is 0 Å². The van der Waals surface area contributed by atoms with Crippen molar-refractivity contribution in [3.63, 3.8) is 0 Å². The molecule has 0 amide bonds. The first kappa shape index (κ1) is 14.6. The summed E-state index contributed by atoms with van der Waals surface area (Å²) in [7, 11) is 1.65. The Bertz CT molecular complexity index is 405. The van der Waals surface area contributed by atoms with E-state index >= 15 is 0 Å². The Morgan fingerprint density at radius 2 is 2.32 bits per heavy atom. The number of hydrogen-bond donors (Lipinski definition) is 1. The topological polar surface area (TPSA) is 30.5 Å². The summed E-state index contributed by atoms with van der Waals surface area (Å²) in [5.41, 5.74) is 1.09. The molecule has 1 aromatic carbocycles. The first-order valence-corrected chi connectivity index (χ1v) is 7.32. The van der Waals surface area contributed by atoms with Crippen molar-refractivity contribution in [2.75, 3.05) is 20.3 Å². The van der Waals surface area contributed by atoms with Gasteiger partial charge in [-0.05, 0) is 43.5 Å². The van der Waals surface area contributed by atoms with Gasteiger partial charge < -0.3 is 14.8 Å². The molecule has 1 N–H and O–H groups in total. The maximum Gasteiger partial charge on any atom is 0.120 e. The molecular formula is C15H22ClNO2. The molecule has 0 spiro atoms. The molecule has 2 atom stereocenters. The smallest absolute Gasteiger partial charge is 0.120 e. The molecule has 1 aromatic rings. The predicted octanol–water partition coefficient (Wildman–Crippen LogP) is 3.57. The third-order valence-electron chi connectivity index (χ3n) is 3.55. The van der Waals surface area contributed by atoms with Crippen molar-refractivity contribution in [1.82, 2.24) is 5.32 Å². The van der Waals surface area contributed by atoms with Crippen LogP contribution in [0.4, 0.5) is 0 Å². The van der Waals surface area contributed by atoms with Gasteiger partial charge >= 0.3 is 0 Å². The highest BCUT2D eigenvalue weighted by Crippen LogP contribution is 2.32. The van der Waals surface area contributed by atoms with E-state index in [4.69, 9.17) is 21.1 Å². The van der Waals surface area contributed by atoms with Gasteiger partial charge in [0.25, 0.3) is 0 Å². The van der Waals surface area contributed by atoms with Gasteiger partial charge in [-0.1, -0.05) is 24.6 Å². The number of ether oxygens (including phenoxy) is 2. The fourth-order valence-corrected chi connectivity index (χ4v) is 2.87. The molecule has 0 radical (unpaired) electrons. The Morgan fingerprint density at radius 1 is 1.47 bits per heavy atom. The Hall–Kier alpha value is -0.770. The molecule has 1 fully saturated rings. The van der Waals surface area contributed by atoms with Gasteiger partial charge in [0.15, 0.2) is 0 Å². The van der Waals surface area contributed by atoms with Crippen LogP contribution < -0.4 is 10.1 Å². The van der Waals surface area contributed by atoms with Crippen molar-refractivity contribution in [1.29, 1.82) is 0 Å². The normalized spacial score (nSPS) is 21.1. The van der Waals surface area contributed by atoms with Gasteiger partial charge in [0.1, 0.15) is 5.75 Å². The van der Waals surface area contributed by atoms with Gasteiger partial charge in [0, 0.05) is 11.6 Å². The average molecular weight is 284 g/mol. The largest absolute Gasteiger partial charge is 0.497 e. The number of methoxy groups -OCH3 is 1. The van der Waals surface area contributed by atoms with Gasteiger partial charge in [-0.25, -0.2) is 0 Å². The lowest BCUT2D eigenvalue weighted by molar-refractivity contribution is -0.00785. The van der Waals surface area contributed by atoms with Crippen molar-refractivity contribution in [3.8, 4) is 5.75 Å². The third-order valence-corrected chi connectivity index (χ3v) is 3.88. The van der Waals surface area contributed by atoms with E-state index in [1.54, 1.807) is 7.11 Å². The second-order valence-electron chi connectivity index (χ2n) is 4.83. The molecule has 1 aliphatic rings. The first-order chi connectivity index (χ1) is 9.26. The lowest BCUT2D eigenvalue weighted by atomic mass is 9.95. The Morgan fingerprint density at radius 3 is 2.89 bits per heavy atom. The molecule has 1 heterocycles. The zero-order valence-electron chi connectivity index (χ0n) is 11.6. The second-order valence-corrected chi connectivity index (χ2v) is 5.24. The maximum absolute atomic E-state index is 6.38. The first-order valence-electron chi connectivity index (χ1n) is 6.94. The molecule has 2 rings (SSSR count). The number of benzene rings is 1. The summed E-state index contributed by atoms with van der Waals surface area (Å²) in [5.74, 6) is 0.786. The van der Waals surface area contributed by atoms with Crippen LogP contribution in [-0.4, -0.2) is 26.4 Å². The second kappa shape index (κ2) is 7.13. The highest BCUT2D eigenvalue weighted by Gasteiger charge is 2.26. The summed E-state index contributed by atoms with van der Waals surface area (Å²) in [5, 5.41) is 4.23. The molecule has 106 valence electrons. The van der Waals surface area contributed by atoms with E-state index in [2.05, 4.69) is 12.2 Å². The van der Waals surface area contributed by atoms with Gasteiger partial charge in [-0.15, -0.1) is 0 Å². The van der Waals surface area contributed by atoms with Crippen molar-refractivity contribution in [3.05, 3.63) is 28.8 Å². The van der Waals surface area contributed by atoms with E-state index < -0.39 is 0 Å². The van der Waals surface area contributed by atoms with E-state index in [1.165, 1.54) is 6.42 Å². The summed E-state index contributed by atoms with van der Waals surface area (Å²) in [6.07, 6.45) is 3.67. The molecule has 4 heteroatoms. The summed E-state index contributed by atoms with van der Waals surface area (Å²) in [6, 6.07) is 6.01. The van der Waals surface area contributed by atoms with Crippen molar-refractivity contribution < 1.29 is 9.47 Å². The van der Waals surface area contributed by atoms with Gasteiger partial charge in [-0.2, -0.15) is 0 Å². The quantitative estimate of drug-likeness (QED) is 0.896. The van der Waals surface area contributed by atoms with E-state index in [0.717, 1.165) is 42.3 Å². The van der Waals surface area contributed by atoms with Gasteiger partial charge in [0.2, 0.25) is 0 Å².